The minimum Gasteiger partial charge on any atom is -0.0914 e. The highest BCUT2D eigenvalue weighted by Crippen LogP contribution is 2.41. The molecule has 0 radical (unpaired) electrons. The lowest BCUT2D eigenvalue weighted by atomic mass is 9.68. The van der Waals surface area contributed by atoms with Gasteiger partial charge < -0.3 is 0 Å². The van der Waals surface area contributed by atoms with Crippen LogP contribution in [0.4, 0.5) is 0 Å². The molecule has 0 aliphatic heterocycles. The first-order chi connectivity index (χ1) is 5.53. The van der Waals surface area contributed by atoms with Crippen LogP contribution in [0.5, 0.6) is 0 Å². The third-order valence-corrected chi connectivity index (χ3v) is 2.89. The van der Waals surface area contributed by atoms with Gasteiger partial charge in [-0.3, -0.25) is 0 Å². The molecule has 70 valence electrons. The van der Waals surface area contributed by atoms with E-state index in [2.05, 4.69) is 39.8 Å². The SMILES string of the molecule is CC=CC1CC(C)CC(C)(C)C1. The Kier molecular flexibility index (Phi) is 2.98. The lowest BCUT2D eigenvalue weighted by Gasteiger charge is -2.37. The maximum atomic E-state index is 2.40. The van der Waals surface area contributed by atoms with E-state index in [0.29, 0.717) is 5.41 Å². The van der Waals surface area contributed by atoms with Crippen LogP contribution in [-0.2, 0) is 0 Å². The number of hydrogen-bond acceptors (Lipinski definition) is 0. The van der Waals surface area contributed by atoms with Crippen LogP contribution in [0.1, 0.15) is 47.0 Å². The fourth-order valence-corrected chi connectivity index (χ4v) is 2.84. The van der Waals surface area contributed by atoms with Gasteiger partial charge in [0.2, 0.25) is 0 Å². The molecular weight excluding hydrogens is 144 g/mol. The van der Waals surface area contributed by atoms with E-state index in [0.717, 1.165) is 11.8 Å². The fraction of sp³-hybridized carbons (Fsp3) is 0.833. The highest BCUT2D eigenvalue weighted by Gasteiger charge is 2.30. The van der Waals surface area contributed by atoms with Crippen LogP contribution in [0.15, 0.2) is 12.2 Å². The fourth-order valence-electron chi connectivity index (χ4n) is 2.84. The topological polar surface area (TPSA) is 0 Å². The van der Waals surface area contributed by atoms with Crippen molar-refractivity contribution in [3.63, 3.8) is 0 Å². The van der Waals surface area contributed by atoms with Crippen molar-refractivity contribution in [1.29, 1.82) is 0 Å². The Hall–Kier alpha value is -0.260. The average Bonchev–Trinajstić information content (AvgIpc) is 1.82. The second kappa shape index (κ2) is 3.64. The molecule has 0 saturated heterocycles. The van der Waals surface area contributed by atoms with Crippen molar-refractivity contribution in [2.24, 2.45) is 17.3 Å². The molecule has 0 heteroatoms. The summed E-state index contributed by atoms with van der Waals surface area (Å²) in [6.07, 6.45) is 8.77. The van der Waals surface area contributed by atoms with Crippen LogP contribution in [0.2, 0.25) is 0 Å². The van der Waals surface area contributed by atoms with E-state index in [9.17, 15) is 0 Å². The zero-order valence-corrected chi connectivity index (χ0v) is 8.93. The quantitative estimate of drug-likeness (QED) is 0.516. The summed E-state index contributed by atoms with van der Waals surface area (Å²) in [6, 6.07) is 0. The van der Waals surface area contributed by atoms with Crippen molar-refractivity contribution in [2.75, 3.05) is 0 Å². The maximum Gasteiger partial charge on any atom is -0.0226 e. The van der Waals surface area contributed by atoms with Gasteiger partial charge in [-0.2, -0.15) is 0 Å². The lowest BCUT2D eigenvalue weighted by molar-refractivity contribution is 0.156. The van der Waals surface area contributed by atoms with E-state index in [1.807, 2.05) is 0 Å². The Balaban J connectivity index is 2.57. The van der Waals surface area contributed by atoms with Crippen LogP contribution in [0.25, 0.3) is 0 Å². The summed E-state index contributed by atoms with van der Waals surface area (Å²) < 4.78 is 0. The van der Waals surface area contributed by atoms with Crippen LogP contribution >= 0.6 is 0 Å². The molecule has 0 N–H and O–H groups in total. The van der Waals surface area contributed by atoms with E-state index in [4.69, 9.17) is 0 Å². The Morgan fingerprint density at radius 1 is 1.25 bits per heavy atom. The normalized spacial score (nSPS) is 35.7. The number of allylic oxidation sites excluding steroid dienone is 2. The highest BCUT2D eigenvalue weighted by atomic mass is 14.4. The van der Waals surface area contributed by atoms with Crippen molar-refractivity contribution in [3.8, 4) is 0 Å². The van der Waals surface area contributed by atoms with Gasteiger partial charge in [-0.25, -0.2) is 0 Å². The Morgan fingerprint density at radius 3 is 2.42 bits per heavy atom. The molecule has 1 rings (SSSR count). The predicted molar refractivity (Wildman–Crippen MR) is 55.1 cm³/mol. The maximum absolute atomic E-state index is 2.40. The van der Waals surface area contributed by atoms with Gasteiger partial charge >= 0.3 is 0 Å². The minimum absolute atomic E-state index is 0.571. The molecule has 0 bridgehead atoms. The van der Waals surface area contributed by atoms with Gasteiger partial charge in [-0.05, 0) is 43.4 Å². The summed E-state index contributed by atoms with van der Waals surface area (Å²) in [6.45, 7) is 9.32. The first-order valence-corrected chi connectivity index (χ1v) is 5.16. The van der Waals surface area contributed by atoms with Gasteiger partial charge in [0.15, 0.2) is 0 Å². The van der Waals surface area contributed by atoms with Gasteiger partial charge in [0.25, 0.3) is 0 Å². The molecular formula is C12H22. The van der Waals surface area contributed by atoms with Gasteiger partial charge in [0.05, 0.1) is 0 Å². The van der Waals surface area contributed by atoms with E-state index in [1.54, 1.807) is 0 Å². The van der Waals surface area contributed by atoms with Crippen LogP contribution in [-0.4, -0.2) is 0 Å². The number of rotatable bonds is 1. The monoisotopic (exact) mass is 166 g/mol. The van der Waals surface area contributed by atoms with Gasteiger partial charge in [-0.1, -0.05) is 32.9 Å². The van der Waals surface area contributed by atoms with Gasteiger partial charge in [0, 0.05) is 0 Å². The largest absolute Gasteiger partial charge is 0.0914 e. The number of hydrogen-bond donors (Lipinski definition) is 0. The third kappa shape index (κ3) is 2.66. The second-order valence-corrected chi connectivity index (χ2v) is 5.20. The van der Waals surface area contributed by atoms with Crippen molar-refractivity contribution in [3.05, 3.63) is 12.2 Å². The summed E-state index contributed by atoms with van der Waals surface area (Å²) in [5.41, 5.74) is 0.571. The molecule has 12 heavy (non-hydrogen) atoms. The summed E-state index contributed by atoms with van der Waals surface area (Å²) in [5, 5.41) is 0. The standard InChI is InChI=1S/C12H22/c1-5-6-11-7-10(2)8-12(3,4)9-11/h5-6,10-11H,7-9H2,1-4H3. The lowest BCUT2D eigenvalue weighted by Crippen LogP contribution is -2.26. The molecule has 1 saturated carbocycles. The summed E-state index contributed by atoms with van der Waals surface area (Å²) in [7, 11) is 0. The molecule has 0 nitrogen and oxygen atoms in total. The molecule has 0 spiro atoms. The smallest absolute Gasteiger partial charge is 0.0226 e. The molecule has 2 unspecified atom stereocenters. The van der Waals surface area contributed by atoms with Gasteiger partial charge in [0.1, 0.15) is 0 Å². The zero-order valence-electron chi connectivity index (χ0n) is 8.93. The molecule has 1 aliphatic carbocycles. The predicted octanol–water partition coefficient (Wildman–Crippen LogP) is 4.02. The molecule has 0 aromatic rings. The van der Waals surface area contributed by atoms with Crippen LogP contribution in [0.3, 0.4) is 0 Å². The van der Waals surface area contributed by atoms with Gasteiger partial charge in [-0.15, -0.1) is 0 Å². The van der Waals surface area contributed by atoms with Crippen molar-refractivity contribution < 1.29 is 0 Å². The van der Waals surface area contributed by atoms with E-state index < -0.39 is 0 Å². The summed E-state index contributed by atoms with van der Waals surface area (Å²) >= 11 is 0. The molecule has 0 aromatic carbocycles. The van der Waals surface area contributed by atoms with E-state index in [1.165, 1.54) is 19.3 Å². The molecule has 0 heterocycles. The van der Waals surface area contributed by atoms with Crippen molar-refractivity contribution in [2.45, 2.75) is 47.0 Å². The van der Waals surface area contributed by atoms with Crippen molar-refractivity contribution >= 4 is 0 Å². The summed E-state index contributed by atoms with van der Waals surface area (Å²) in [5.74, 6) is 1.75. The van der Waals surface area contributed by atoms with E-state index in [-0.39, 0.29) is 0 Å². The first-order valence-electron chi connectivity index (χ1n) is 5.16. The van der Waals surface area contributed by atoms with Crippen LogP contribution < -0.4 is 0 Å². The molecule has 1 fully saturated rings. The Labute approximate surface area is 77.1 Å². The summed E-state index contributed by atoms with van der Waals surface area (Å²) in [4.78, 5) is 0. The minimum atomic E-state index is 0.571. The molecule has 2 atom stereocenters. The highest BCUT2D eigenvalue weighted by molar-refractivity contribution is 4.93. The zero-order chi connectivity index (χ0) is 9.19. The Morgan fingerprint density at radius 2 is 1.92 bits per heavy atom. The molecule has 0 aromatic heterocycles. The Bertz CT molecular complexity index is 165. The third-order valence-electron chi connectivity index (χ3n) is 2.89. The first kappa shape index (κ1) is 9.83. The molecule has 0 amide bonds. The molecule has 1 aliphatic rings. The van der Waals surface area contributed by atoms with Crippen molar-refractivity contribution in [1.82, 2.24) is 0 Å². The van der Waals surface area contributed by atoms with E-state index >= 15 is 0 Å². The second-order valence-electron chi connectivity index (χ2n) is 5.20. The average molecular weight is 166 g/mol. The van der Waals surface area contributed by atoms with Crippen LogP contribution in [0, 0.1) is 17.3 Å².